The monoisotopic (exact) mass is 206 g/mol. The van der Waals surface area contributed by atoms with Crippen molar-refractivity contribution in [2.45, 2.75) is 0 Å². The van der Waals surface area contributed by atoms with Gasteiger partial charge in [0, 0.05) is 35.0 Å². The molecular weight excluding hydrogens is 199 g/mol. The zero-order valence-electron chi connectivity index (χ0n) is 7.16. The van der Waals surface area contributed by atoms with Crippen LogP contribution in [-0.4, -0.2) is 27.1 Å². The van der Waals surface area contributed by atoms with Crippen molar-refractivity contribution in [2.24, 2.45) is 0 Å². The van der Waals surface area contributed by atoms with E-state index in [9.17, 15) is 0 Å². The van der Waals surface area contributed by atoms with Gasteiger partial charge < -0.3 is 10.0 Å². The molecule has 0 atom stereocenters. The van der Waals surface area contributed by atoms with Gasteiger partial charge in [-0.1, -0.05) is 0 Å². The quantitative estimate of drug-likeness (QED) is 0.672. The Morgan fingerprint density at radius 2 is 2.14 bits per heavy atom. The fourth-order valence-corrected chi connectivity index (χ4v) is 1.70. The molecule has 0 aromatic carbocycles. The highest BCUT2D eigenvalue weighted by atomic mass is 32.1. The third-order valence-corrected chi connectivity index (χ3v) is 2.56. The van der Waals surface area contributed by atoms with Gasteiger partial charge in [-0.05, 0) is 6.07 Å². The molecule has 2 heterocycles. The van der Waals surface area contributed by atoms with Crippen molar-refractivity contribution in [1.29, 1.82) is 0 Å². The van der Waals surface area contributed by atoms with Gasteiger partial charge in [0.05, 0.1) is 0 Å². The maximum absolute atomic E-state index is 8.94. The Hall–Kier alpha value is -1.24. The highest BCUT2D eigenvalue weighted by Crippen LogP contribution is 2.19. The first kappa shape index (κ1) is 9.33. The fraction of sp³-hybridized carbons (Fsp3) is 0. The largest absolute Gasteiger partial charge is 0.490 e. The number of hydrogen-bond donors (Lipinski definition) is 2. The summed E-state index contributed by atoms with van der Waals surface area (Å²) >= 11 is 1.48. The molecule has 0 saturated heterocycles. The van der Waals surface area contributed by atoms with E-state index >= 15 is 0 Å². The Morgan fingerprint density at radius 3 is 2.79 bits per heavy atom. The summed E-state index contributed by atoms with van der Waals surface area (Å²) in [6.45, 7) is 0. The van der Waals surface area contributed by atoms with Crippen LogP contribution in [0.2, 0.25) is 0 Å². The first-order valence-electron chi connectivity index (χ1n) is 3.98. The van der Waals surface area contributed by atoms with Crippen molar-refractivity contribution in [1.82, 2.24) is 9.97 Å². The van der Waals surface area contributed by atoms with Crippen molar-refractivity contribution in [2.75, 3.05) is 0 Å². The highest BCUT2D eigenvalue weighted by Gasteiger charge is 2.12. The number of thiazole rings is 1. The van der Waals surface area contributed by atoms with E-state index < -0.39 is 7.12 Å². The standard InChI is InChI=1S/C8H7BN2O2S/c12-9(13)7-3-6(4-10-5-7)8-11-1-2-14-8/h1-5,12-13H. The first-order valence-corrected chi connectivity index (χ1v) is 4.86. The van der Waals surface area contributed by atoms with E-state index in [2.05, 4.69) is 9.97 Å². The normalized spacial score (nSPS) is 10.1. The van der Waals surface area contributed by atoms with Crippen LogP contribution in [0.4, 0.5) is 0 Å². The van der Waals surface area contributed by atoms with Crippen LogP contribution in [0.1, 0.15) is 0 Å². The van der Waals surface area contributed by atoms with Gasteiger partial charge in [0.25, 0.3) is 0 Å². The molecule has 0 bridgehead atoms. The second-order valence-corrected chi connectivity index (χ2v) is 3.61. The van der Waals surface area contributed by atoms with Gasteiger partial charge in [-0.2, -0.15) is 0 Å². The van der Waals surface area contributed by atoms with Gasteiger partial charge >= 0.3 is 7.12 Å². The van der Waals surface area contributed by atoms with E-state index in [-0.39, 0.29) is 0 Å². The molecule has 2 rings (SSSR count). The molecule has 0 aliphatic heterocycles. The van der Waals surface area contributed by atoms with E-state index in [0.717, 1.165) is 10.6 Å². The summed E-state index contributed by atoms with van der Waals surface area (Å²) in [5.41, 5.74) is 1.17. The lowest BCUT2D eigenvalue weighted by Gasteiger charge is -2.00. The maximum atomic E-state index is 8.94. The summed E-state index contributed by atoms with van der Waals surface area (Å²) in [7, 11) is -1.48. The van der Waals surface area contributed by atoms with Crippen LogP contribution in [0.3, 0.4) is 0 Å². The maximum Gasteiger partial charge on any atom is 0.490 e. The molecule has 0 aliphatic rings. The molecule has 0 spiro atoms. The smallest absolute Gasteiger partial charge is 0.423 e. The topological polar surface area (TPSA) is 66.2 Å². The molecule has 0 radical (unpaired) electrons. The Kier molecular flexibility index (Phi) is 2.58. The lowest BCUT2D eigenvalue weighted by atomic mass is 9.81. The summed E-state index contributed by atoms with van der Waals surface area (Å²) < 4.78 is 0. The second-order valence-electron chi connectivity index (χ2n) is 2.72. The molecule has 4 nitrogen and oxygen atoms in total. The predicted molar refractivity (Wildman–Crippen MR) is 55.2 cm³/mol. The predicted octanol–water partition coefficient (Wildman–Crippen LogP) is -0.115. The van der Waals surface area contributed by atoms with Gasteiger partial charge in [0.2, 0.25) is 0 Å². The van der Waals surface area contributed by atoms with E-state index in [1.165, 1.54) is 17.5 Å². The van der Waals surface area contributed by atoms with Crippen LogP contribution >= 0.6 is 11.3 Å². The molecule has 0 saturated carbocycles. The molecule has 2 aromatic heterocycles. The number of hydrogen-bond acceptors (Lipinski definition) is 5. The molecular formula is C8H7BN2O2S. The first-order chi connectivity index (χ1) is 6.77. The summed E-state index contributed by atoms with van der Waals surface area (Å²) in [5, 5.41) is 20.6. The molecule has 0 fully saturated rings. The van der Waals surface area contributed by atoms with Crippen molar-refractivity contribution < 1.29 is 10.0 Å². The molecule has 70 valence electrons. The van der Waals surface area contributed by atoms with E-state index in [1.807, 2.05) is 5.38 Å². The molecule has 0 aliphatic carbocycles. The van der Waals surface area contributed by atoms with Gasteiger partial charge in [0.15, 0.2) is 0 Å². The van der Waals surface area contributed by atoms with Crippen LogP contribution in [-0.2, 0) is 0 Å². The average molecular weight is 206 g/mol. The highest BCUT2D eigenvalue weighted by molar-refractivity contribution is 7.13. The molecule has 2 N–H and O–H groups in total. The van der Waals surface area contributed by atoms with E-state index in [4.69, 9.17) is 10.0 Å². The average Bonchev–Trinajstić information content (AvgIpc) is 2.71. The minimum Gasteiger partial charge on any atom is -0.423 e. The Morgan fingerprint density at radius 1 is 1.29 bits per heavy atom. The zero-order chi connectivity index (χ0) is 9.97. The lowest BCUT2D eigenvalue weighted by molar-refractivity contribution is 0.425. The van der Waals surface area contributed by atoms with Crippen LogP contribution in [0.5, 0.6) is 0 Å². The number of pyridine rings is 1. The Bertz CT molecular complexity index is 419. The molecule has 2 aromatic rings. The minimum atomic E-state index is -1.48. The Labute approximate surface area is 85.0 Å². The van der Waals surface area contributed by atoms with Crippen LogP contribution in [0, 0.1) is 0 Å². The fourth-order valence-electron chi connectivity index (χ4n) is 1.08. The third kappa shape index (κ3) is 1.82. The van der Waals surface area contributed by atoms with Gasteiger partial charge in [0.1, 0.15) is 5.01 Å². The third-order valence-electron chi connectivity index (χ3n) is 1.74. The summed E-state index contributed by atoms with van der Waals surface area (Å²) in [4.78, 5) is 8.01. The van der Waals surface area contributed by atoms with Gasteiger partial charge in [-0.3, -0.25) is 4.98 Å². The summed E-state index contributed by atoms with van der Waals surface area (Å²) in [6, 6.07) is 1.66. The van der Waals surface area contributed by atoms with E-state index in [0.29, 0.717) is 5.46 Å². The lowest BCUT2D eigenvalue weighted by Crippen LogP contribution is -2.30. The van der Waals surface area contributed by atoms with Crippen molar-refractivity contribution in [3.63, 3.8) is 0 Å². The summed E-state index contributed by atoms with van der Waals surface area (Å²) in [5.74, 6) is 0. The van der Waals surface area contributed by atoms with Gasteiger partial charge in [-0.25, -0.2) is 4.98 Å². The molecule has 14 heavy (non-hydrogen) atoms. The summed E-state index contributed by atoms with van der Waals surface area (Å²) in [6.07, 6.45) is 4.76. The molecule has 6 heteroatoms. The minimum absolute atomic E-state index is 0.373. The number of aromatic nitrogens is 2. The second kappa shape index (κ2) is 3.87. The van der Waals surface area contributed by atoms with Crippen LogP contribution in [0.15, 0.2) is 30.0 Å². The van der Waals surface area contributed by atoms with Crippen molar-refractivity contribution >= 4 is 23.9 Å². The zero-order valence-corrected chi connectivity index (χ0v) is 7.98. The van der Waals surface area contributed by atoms with E-state index in [1.54, 1.807) is 18.5 Å². The van der Waals surface area contributed by atoms with Crippen molar-refractivity contribution in [3.05, 3.63) is 30.0 Å². The van der Waals surface area contributed by atoms with Crippen LogP contribution < -0.4 is 5.46 Å². The Balaban J connectivity index is 2.41. The number of rotatable bonds is 2. The molecule has 0 amide bonds. The molecule has 0 unspecified atom stereocenters. The SMILES string of the molecule is OB(O)c1cncc(-c2nccs2)c1. The van der Waals surface area contributed by atoms with Crippen LogP contribution in [0.25, 0.3) is 10.6 Å². The van der Waals surface area contributed by atoms with Crippen molar-refractivity contribution in [3.8, 4) is 10.6 Å². The number of nitrogens with zero attached hydrogens (tertiary/aromatic N) is 2. The van der Waals surface area contributed by atoms with Gasteiger partial charge in [-0.15, -0.1) is 11.3 Å².